The van der Waals surface area contributed by atoms with E-state index in [2.05, 4.69) is 22.3 Å². The third-order valence-corrected chi connectivity index (χ3v) is 5.54. The van der Waals surface area contributed by atoms with Crippen molar-refractivity contribution in [2.75, 3.05) is 43.9 Å². The zero-order valence-corrected chi connectivity index (χ0v) is 18.2. The molecule has 0 unspecified atom stereocenters. The zero-order chi connectivity index (χ0) is 21.3. The predicted molar refractivity (Wildman–Crippen MR) is 123 cm³/mol. The molecule has 0 spiro atoms. The van der Waals surface area contributed by atoms with Crippen LogP contribution in [0.5, 0.6) is 0 Å². The van der Waals surface area contributed by atoms with Gasteiger partial charge in [-0.25, -0.2) is 0 Å². The van der Waals surface area contributed by atoms with Crippen LogP contribution in [0.1, 0.15) is 11.1 Å². The van der Waals surface area contributed by atoms with Crippen molar-refractivity contribution in [1.82, 2.24) is 9.80 Å². The van der Waals surface area contributed by atoms with Gasteiger partial charge in [0.1, 0.15) is 5.88 Å². The van der Waals surface area contributed by atoms with E-state index in [1.54, 1.807) is 24.3 Å². The van der Waals surface area contributed by atoms with Gasteiger partial charge in [0.05, 0.1) is 0 Å². The summed E-state index contributed by atoms with van der Waals surface area (Å²) < 4.78 is 0. The highest BCUT2D eigenvalue weighted by Crippen LogP contribution is 2.13. The SMILES string of the molecule is O=C(CCl)Nc1ccc(C=CC(=O)N2CCN(CCc3ccc(Cl)cc3)CC2)cc1. The van der Waals surface area contributed by atoms with Crippen molar-refractivity contribution in [3.05, 3.63) is 70.8 Å². The Labute approximate surface area is 187 Å². The first-order valence-electron chi connectivity index (χ1n) is 9.93. The molecule has 0 saturated carbocycles. The molecule has 1 aliphatic heterocycles. The van der Waals surface area contributed by atoms with Crippen LogP contribution in [0.15, 0.2) is 54.6 Å². The van der Waals surface area contributed by atoms with Gasteiger partial charge in [-0.15, -0.1) is 11.6 Å². The number of anilines is 1. The Hall–Kier alpha value is -2.34. The second kappa shape index (κ2) is 11.2. The van der Waals surface area contributed by atoms with Crippen molar-refractivity contribution in [3.8, 4) is 0 Å². The summed E-state index contributed by atoms with van der Waals surface area (Å²) in [5.74, 6) is -0.306. The summed E-state index contributed by atoms with van der Waals surface area (Å²) in [6.07, 6.45) is 4.38. The van der Waals surface area contributed by atoms with Gasteiger partial charge < -0.3 is 10.2 Å². The van der Waals surface area contributed by atoms with Gasteiger partial charge in [-0.2, -0.15) is 0 Å². The first-order chi connectivity index (χ1) is 14.5. The molecule has 3 rings (SSSR count). The number of amides is 2. The van der Waals surface area contributed by atoms with Gasteiger partial charge in [0.15, 0.2) is 0 Å². The lowest BCUT2D eigenvalue weighted by molar-refractivity contribution is -0.127. The third kappa shape index (κ3) is 6.87. The molecular formula is C23H25Cl2N3O2. The van der Waals surface area contributed by atoms with Gasteiger partial charge in [-0.05, 0) is 47.9 Å². The van der Waals surface area contributed by atoms with Crippen LogP contribution in [0.25, 0.3) is 6.08 Å². The van der Waals surface area contributed by atoms with E-state index < -0.39 is 0 Å². The second-order valence-electron chi connectivity index (χ2n) is 7.18. The molecule has 1 aliphatic rings. The summed E-state index contributed by atoms with van der Waals surface area (Å²) >= 11 is 11.4. The van der Waals surface area contributed by atoms with Crippen LogP contribution in [0.3, 0.4) is 0 Å². The maximum absolute atomic E-state index is 12.5. The summed E-state index contributed by atoms with van der Waals surface area (Å²) in [6.45, 7) is 4.19. The summed E-state index contributed by atoms with van der Waals surface area (Å²) in [6, 6.07) is 15.2. The van der Waals surface area contributed by atoms with Crippen molar-refractivity contribution >= 4 is 46.8 Å². The summed E-state index contributed by atoms with van der Waals surface area (Å²) in [4.78, 5) is 28.0. The number of carbonyl (C=O) groups excluding carboxylic acids is 2. The van der Waals surface area contributed by atoms with Crippen LogP contribution < -0.4 is 5.32 Å². The molecule has 1 N–H and O–H groups in total. The number of hydrogen-bond acceptors (Lipinski definition) is 3. The summed E-state index contributed by atoms with van der Waals surface area (Å²) in [5.41, 5.74) is 2.85. The fourth-order valence-electron chi connectivity index (χ4n) is 3.28. The van der Waals surface area contributed by atoms with E-state index in [0.29, 0.717) is 5.69 Å². The van der Waals surface area contributed by atoms with Crippen LogP contribution in [0.4, 0.5) is 5.69 Å². The minimum atomic E-state index is -0.248. The van der Waals surface area contributed by atoms with Crippen molar-refractivity contribution < 1.29 is 9.59 Å². The van der Waals surface area contributed by atoms with Crippen LogP contribution in [-0.4, -0.2) is 60.2 Å². The fraction of sp³-hybridized carbons (Fsp3) is 0.304. The highest BCUT2D eigenvalue weighted by Gasteiger charge is 2.19. The van der Waals surface area contributed by atoms with Gasteiger partial charge in [0, 0.05) is 49.5 Å². The van der Waals surface area contributed by atoms with E-state index in [1.165, 1.54) is 5.56 Å². The van der Waals surface area contributed by atoms with Gasteiger partial charge >= 0.3 is 0 Å². The van der Waals surface area contributed by atoms with Crippen LogP contribution >= 0.6 is 23.2 Å². The number of halogens is 2. The van der Waals surface area contributed by atoms with Gasteiger partial charge in [0.2, 0.25) is 11.8 Å². The molecule has 5 nitrogen and oxygen atoms in total. The first kappa shape index (κ1) is 22.3. The molecule has 0 aliphatic carbocycles. The number of alkyl halides is 1. The van der Waals surface area contributed by atoms with E-state index in [-0.39, 0.29) is 17.7 Å². The van der Waals surface area contributed by atoms with E-state index in [1.807, 2.05) is 29.2 Å². The molecule has 2 aromatic rings. The summed E-state index contributed by atoms with van der Waals surface area (Å²) in [7, 11) is 0. The molecule has 1 fully saturated rings. The normalized spacial score (nSPS) is 14.8. The molecule has 158 valence electrons. The summed E-state index contributed by atoms with van der Waals surface area (Å²) in [5, 5.41) is 3.44. The molecule has 1 heterocycles. The first-order valence-corrected chi connectivity index (χ1v) is 10.8. The Bertz CT molecular complexity index is 874. The zero-order valence-electron chi connectivity index (χ0n) is 16.7. The van der Waals surface area contributed by atoms with E-state index >= 15 is 0 Å². The quantitative estimate of drug-likeness (QED) is 0.518. The Morgan fingerprint density at radius 1 is 0.967 bits per heavy atom. The molecule has 1 saturated heterocycles. The lowest BCUT2D eigenvalue weighted by atomic mass is 10.1. The Kier molecular flexibility index (Phi) is 8.31. The molecule has 2 aromatic carbocycles. The average molecular weight is 446 g/mol. The molecular weight excluding hydrogens is 421 g/mol. The molecule has 30 heavy (non-hydrogen) atoms. The number of nitrogens with zero attached hydrogens (tertiary/aromatic N) is 2. The van der Waals surface area contributed by atoms with E-state index in [4.69, 9.17) is 23.2 Å². The minimum Gasteiger partial charge on any atom is -0.337 e. The lowest BCUT2D eigenvalue weighted by Crippen LogP contribution is -2.48. The smallest absolute Gasteiger partial charge is 0.246 e. The average Bonchev–Trinajstić information content (AvgIpc) is 2.78. The maximum atomic E-state index is 12.5. The standard InChI is InChI=1S/C23H25Cl2N3O2/c24-17-22(29)26-21-8-3-18(4-9-21)5-10-23(30)28-15-13-27(14-16-28)12-11-19-1-6-20(25)7-2-19/h1-10H,11-17H2,(H,26,29). The predicted octanol–water partition coefficient (Wildman–Crippen LogP) is 3.92. The van der Waals surface area contributed by atoms with E-state index in [0.717, 1.165) is 49.7 Å². The van der Waals surface area contributed by atoms with Gasteiger partial charge in [-0.3, -0.25) is 14.5 Å². The van der Waals surface area contributed by atoms with Gasteiger partial charge in [-0.1, -0.05) is 35.9 Å². The molecule has 2 amide bonds. The number of piperazine rings is 1. The van der Waals surface area contributed by atoms with Crippen molar-refractivity contribution in [2.24, 2.45) is 0 Å². The van der Waals surface area contributed by atoms with Crippen LogP contribution in [-0.2, 0) is 16.0 Å². The van der Waals surface area contributed by atoms with Gasteiger partial charge in [0.25, 0.3) is 0 Å². The van der Waals surface area contributed by atoms with Crippen molar-refractivity contribution in [1.29, 1.82) is 0 Å². The molecule has 0 bridgehead atoms. The van der Waals surface area contributed by atoms with Crippen LogP contribution in [0.2, 0.25) is 5.02 Å². The highest BCUT2D eigenvalue weighted by molar-refractivity contribution is 6.30. The van der Waals surface area contributed by atoms with Crippen molar-refractivity contribution in [3.63, 3.8) is 0 Å². The number of carbonyl (C=O) groups is 2. The number of hydrogen-bond donors (Lipinski definition) is 1. The monoisotopic (exact) mass is 445 g/mol. The number of rotatable bonds is 7. The number of benzene rings is 2. The fourth-order valence-corrected chi connectivity index (χ4v) is 3.47. The Balaban J connectivity index is 1.42. The Morgan fingerprint density at radius 3 is 2.27 bits per heavy atom. The molecule has 0 aromatic heterocycles. The third-order valence-electron chi connectivity index (χ3n) is 5.05. The molecule has 0 radical (unpaired) electrons. The van der Waals surface area contributed by atoms with E-state index in [9.17, 15) is 9.59 Å². The molecule has 7 heteroatoms. The maximum Gasteiger partial charge on any atom is 0.246 e. The number of nitrogens with one attached hydrogen (secondary N) is 1. The topological polar surface area (TPSA) is 52.7 Å². The second-order valence-corrected chi connectivity index (χ2v) is 7.88. The lowest BCUT2D eigenvalue weighted by Gasteiger charge is -2.34. The minimum absolute atomic E-state index is 0.0203. The molecule has 0 atom stereocenters. The Morgan fingerprint density at radius 2 is 1.63 bits per heavy atom. The largest absolute Gasteiger partial charge is 0.337 e. The van der Waals surface area contributed by atoms with Crippen LogP contribution in [0, 0.1) is 0 Å². The highest BCUT2D eigenvalue weighted by atomic mass is 35.5. The van der Waals surface area contributed by atoms with Crippen molar-refractivity contribution in [2.45, 2.75) is 6.42 Å².